The van der Waals surface area contributed by atoms with Gasteiger partial charge in [-0.3, -0.25) is 9.59 Å². The summed E-state index contributed by atoms with van der Waals surface area (Å²) in [5.74, 6) is -1.71. The number of fused-ring (bicyclic) bond motifs is 1. The molecule has 0 aliphatic rings. The fraction of sp³-hybridized carbons (Fsp3) is 0.0556. The van der Waals surface area contributed by atoms with Crippen LogP contribution in [0.4, 0.5) is 10.1 Å². The maximum absolute atomic E-state index is 13.3. The molecule has 0 unspecified atom stereocenters. The molecule has 0 fully saturated rings. The number of carbonyl (C=O) groups excluding carboxylic acids is 2. The summed E-state index contributed by atoms with van der Waals surface area (Å²) in [7, 11) is 0. The Hall–Kier alpha value is -3.28. The average molecular weight is 325 g/mol. The van der Waals surface area contributed by atoms with Crippen LogP contribution in [0.2, 0.25) is 0 Å². The third-order valence-electron chi connectivity index (χ3n) is 3.50. The van der Waals surface area contributed by atoms with E-state index in [1.54, 1.807) is 24.3 Å². The molecule has 3 rings (SSSR count). The molecule has 1 N–H and O–H groups in total. The van der Waals surface area contributed by atoms with Crippen molar-refractivity contribution < 1.29 is 18.4 Å². The minimum absolute atomic E-state index is 0.178. The molecule has 5 nitrogen and oxygen atoms in total. The molecule has 1 heterocycles. The SMILES string of the molecule is CC(=O)c1ccccc1NC(=O)c1cc2cc(F)ccc2c(=O)o1. The van der Waals surface area contributed by atoms with Gasteiger partial charge >= 0.3 is 5.63 Å². The molecule has 1 aromatic heterocycles. The number of rotatable bonds is 3. The molecule has 0 radical (unpaired) electrons. The van der Waals surface area contributed by atoms with E-state index in [0.717, 1.165) is 12.1 Å². The van der Waals surface area contributed by atoms with Gasteiger partial charge in [0.2, 0.25) is 0 Å². The van der Waals surface area contributed by atoms with Gasteiger partial charge in [0.05, 0.1) is 11.1 Å². The molecule has 0 aliphatic heterocycles. The lowest BCUT2D eigenvalue weighted by Gasteiger charge is -2.08. The van der Waals surface area contributed by atoms with Crippen LogP contribution in [0.3, 0.4) is 0 Å². The van der Waals surface area contributed by atoms with Crippen LogP contribution in [0.15, 0.2) is 57.7 Å². The summed E-state index contributed by atoms with van der Waals surface area (Å²) in [5.41, 5.74) is -0.102. The van der Waals surface area contributed by atoms with E-state index < -0.39 is 17.3 Å². The minimum atomic E-state index is -0.738. The van der Waals surface area contributed by atoms with E-state index in [9.17, 15) is 18.8 Å². The Morgan fingerprint density at radius 2 is 1.83 bits per heavy atom. The molecular weight excluding hydrogens is 313 g/mol. The Kier molecular flexibility index (Phi) is 3.95. The van der Waals surface area contributed by atoms with E-state index in [2.05, 4.69) is 5.32 Å². The Morgan fingerprint density at radius 1 is 1.08 bits per heavy atom. The lowest BCUT2D eigenvalue weighted by Crippen LogP contribution is -2.16. The van der Waals surface area contributed by atoms with E-state index in [1.807, 2.05) is 0 Å². The van der Waals surface area contributed by atoms with Crippen LogP contribution in [0.5, 0.6) is 0 Å². The van der Waals surface area contributed by atoms with E-state index in [0.29, 0.717) is 11.3 Å². The molecule has 0 saturated heterocycles. The highest BCUT2D eigenvalue weighted by atomic mass is 19.1. The van der Waals surface area contributed by atoms with E-state index in [-0.39, 0.29) is 22.3 Å². The van der Waals surface area contributed by atoms with Gasteiger partial charge in [-0.05, 0) is 48.7 Å². The number of nitrogens with one attached hydrogen (secondary N) is 1. The molecular formula is C18H12FNO4. The Bertz CT molecular complexity index is 1020. The van der Waals surface area contributed by atoms with Crippen molar-refractivity contribution in [2.75, 3.05) is 5.32 Å². The summed E-state index contributed by atoms with van der Waals surface area (Å²) < 4.78 is 18.3. The second-order valence-electron chi connectivity index (χ2n) is 5.19. The highest BCUT2D eigenvalue weighted by Gasteiger charge is 2.15. The molecule has 3 aromatic rings. The number of hydrogen-bond donors (Lipinski definition) is 1. The predicted octanol–water partition coefficient (Wildman–Crippen LogP) is 3.39. The van der Waals surface area contributed by atoms with Crippen LogP contribution in [0, 0.1) is 5.82 Å². The van der Waals surface area contributed by atoms with Gasteiger partial charge in [-0.15, -0.1) is 0 Å². The predicted molar refractivity (Wildman–Crippen MR) is 86.8 cm³/mol. The van der Waals surface area contributed by atoms with Crippen molar-refractivity contribution >= 4 is 28.2 Å². The quantitative estimate of drug-likeness (QED) is 0.749. The topological polar surface area (TPSA) is 76.4 Å². The molecule has 1 amide bonds. The lowest BCUT2D eigenvalue weighted by atomic mass is 10.1. The highest BCUT2D eigenvalue weighted by molar-refractivity contribution is 6.08. The smallest absolute Gasteiger partial charge is 0.344 e. The van der Waals surface area contributed by atoms with E-state index >= 15 is 0 Å². The Labute approximate surface area is 135 Å². The van der Waals surface area contributed by atoms with E-state index in [4.69, 9.17) is 4.42 Å². The monoisotopic (exact) mass is 325 g/mol. The fourth-order valence-electron chi connectivity index (χ4n) is 2.36. The summed E-state index contributed by atoms with van der Waals surface area (Å²) in [5, 5.41) is 2.97. The summed E-state index contributed by atoms with van der Waals surface area (Å²) in [6.45, 7) is 1.38. The van der Waals surface area contributed by atoms with Crippen LogP contribution < -0.4 is 10.9 Å². The fourth-order valence-corrected chi connectivity index (χ4v) is 2.36. The van der Waals surface area contributed by atoms with Crippen molar-refractivity contribution in [2.24, 2.45) is 0 Å². The number of amides is 1. The van der Waals surface area contributed by atoms with Crippen molar-refractivity contribution in [3.8, 4) is 0 Å². The van der Waals surface area contributed by atoms with Gasteiger partial charge < -0.3 is 9.73 Å². The number of carbonyl (C=O) groups is 2. The second-order valence-corrected chi connectivity index (χ2v) is 5.19. The van der Waals surface area contributed by atoms with Crippen LogP contribution in [-0.2, 0) is 0 Å². The third kappa shape index (κ3) is 2.94. The van der Waals surface area contributed by atoms with Gasteiger partial charge in [-0.25, -0.2) is 9.18 Å². The molecule has 24 heavy (non-hydrogen) atoms. The normalized spacial score (nSPS) is 10.6. The van der Waals surface area contributed by atoms with Gasteiger partial charge in [-0.2, -0.15) is 0 Å². The first kappa shape index (κ1) is 15.6. The van der Waals surface area contributed by atoms with Gasteiger partial charge in [-0.1, -0.05) is 12.1 Å². The molecule has 0 saturated carbocycles. The largest absolute Gasteiger partial charge is 0.417 e. The van der Waals surface area contributed by atoms with Crippen molar-refractivity contribution in [1.82, 2.24) is 0 Å². The summed E-state index contributed by atoms with van der Waals surface area (Å²) in [4.78, 5) is 35.8. The summed E-state index contributed by atoms with van der Waals surface area (Å²) >= 11 is 0. The number of hydrogen-bond acceptors (Lipinski definition) is 4. The first-order valence-corrected chi connectivity index (χ1v) is 7.10. The zero-order valence-corrected chi connectivity index (χ0v) is 12.6. The highest BCUT2D eigenvalue weighted by Crippen LogP contribution is 2.18. The number of halogens is 1. The molecule has 0 spiro atoms. The lowest BCUT2D eigenvalue weighted by molar-refractivity contribution is 0.0993. The molecule has 2 aromatic carbocycles. The molecule has 0 bridgehead atoms. The number of para-hydroxylation sites is 1. The minimum Gasteiger partial charge on any atom is -0.417 e. The van der Waals surface area contributed by atoms with Crippen molar-refractivity contribution in [2.45, 2.75) is 6.92 Å². The van der Waals surface area contributed by atoms with Gasteiger partial charge in [0.25, 0.3) is 5.91 Å². The van der Waals surface area contributed by atoms with Gasteiger partial charge in [0.15, 0.2) is 11.5 Å². The number of anilines is 1. The first-order chi connectivity index (χ1) is 11.5. The second kappa shape index (κ2) is 6.08. The van der Waals surface area contributed by atoms with Gasteiger partial charge in [0.1, 0.15) is 5.82 Å². The zero-order chi connectivity index (χ0) is 17.3. The first-order valence-electron chi connectivity index (χ1n) is 7.10. The van der Waals surface area contributed by atoms with Crippen molar-refractivity contribution in [3.05, 3.63) is 76.1 Å². The zero-order valence-electron chi connectivity index (χ0n) is 12.6. The van der Waals surface area contributed by atoms with Crippen LogP contribution in [0.1, 0.15) is 27.8 Å². The Balaban J connectivity index is 2.01. The van der Waals surface area contributed by atoms with Crippen molar-refractivity contribution in [3.63, 3.8) is 0 Å². The number of ketones is 1. The average Bonchev–Trinajstić information content (AvgIpc) is 2.54. The summed E-state index contributed by atoms with van der Waals surface area (Å²) in [6, 6.07) is 11.3. The molecule has 120 valence electrons. The summed E-state index contributed by atoms with van der Waals surface area (Å²) in [6.07, 6.45) is 0. The maximum atomic E-state index is 13.3. The third-order valence-corrected chi connectivity index (χ3v) is 3.50. The molecule has 0 aliphatic carbocycles. The molecule has 6 heteroatoms. The van der Waals surface area contributed by atoms with Crippen LogP contribution in [0.25, 0.3) is 10.8 Å². The Morgan fingerprint density at radius 3 is 2.58 bits per heavy atom. The van der Waals surface area contributed by atoms with Gasteiger partial charge in [0, 0.05) is 5.56 Å². The number of benzene rings is 2. The molecule has 0 atom stereocenters. The van der Waals surface area contributed by atoms with Crippen LogP contribution >= 0.6 is 0 Å². The maximum Gasteiger partial charge on any atom is 0.344 e. The van der Waals surface area contributed by atoms with Crippen LogP contribution in [-0.4, -0.2) is 11.7 Å². The standard InChI is InChI=1S/C18H12FNO4/c1-10(21)13-4-2-3-5-15(13)20-17(22)16-9-11-8-12(19)6-7-14(11)18(23)24-16/h2-9H,1H3,(H,20,22). The van der Waals surface area contributed by atoms with E-state index in [1.165, 1.54) is 19.1 Å². The van der Waals surface area contributed by atoms with Crippen molar-refractivity contribution in [1.29, 1.82) is 0 Å². The number of Topliss-reactive ketones (excluding diaryl/α,β-unsaturated/α-hetero) is 1.